The van der Waals surface area contributed by atoms with E-state index in [-0.39, 0.29) is 23.5 Å². The van der Waals surface area contributed by atoms with Crippen LogP contribution in [0.1, 0.15) is 60.3 Å². The van der Waals surface area contributed by atoms with Crippen LogP contribution in [-0.4, -0.2) is 29.0 Å². The largest absolute Gasteiger partial charge is 0.300 e. The third kappa shape index (κ3) is 5.82. The first-order valence-corrected chi connectivity index (χ1v) is 8.12. The molecule has 0 spiro atoms. The number of imide groups is 1. The molecule has 0 bridgehead atoms. The third-order valence-corrected chi connectivity index (χ3v) is 3.76. The molecule has 0 radical (unpaired) electrons. The van der Waals surface area contributed by atoms with Gasteiger partial charge < -0.3 is 0 Å². The molecule has 0 N–H and O–H groups in total. The standard InChI is InChI=1S/C13H17NO3.2C2H6/c1-9(15)11-4-2-10(3-5-11)8-14-12(16)6-7-13(14)17;2*1-2/h6-7,10-11H,2-5,8H2,1H3;2*1-2H3. The first-order valence-electron chi connectivity index (χ1n) is 8.12. The van der Waals surface area contributed by atoms with E-state index in [9.17, 15) is 14.4 Å². The van der Waals surface area contributed by atoms with Crippen LogP contribution in [0.4, 0.5) is 0 Å². The van der Waals surface area contributed by atoms with Gasteiger partial charge in [0.05, 0.1) is 0 Å². The van der Waals surface area contributed by atoms with Crippen LogP contribution < -0.4 is 0 Å². The molecule has 0 aromatic heterocycles. The van der Waals surface area contributed by atoms with Crippen molar-refractivity contribution in [3.8, 4) is 0 Å². The Hall–Kier alpha value is -1.45. The van der Waals surface area contributed by atoms with Gasteiger partial charge in [-0.15, -0.1) is 0 Å². The summed E-state index contributed by atoms with van der Waals surface area (Å²) < 4.78 is 0. The molecule has 1 aliphatic carbocycles. The lowest BCUT2D eigenvalue weighted by atomic mass is 9.80. The SMILES string of the molecule is CC.CC.CC(=O)C1CCC(CN2C(=O)C=CC2=O)CC1. The predicted molar refractivity (Wildman–Crippen MR) is 84.7 cm³/mol. The van der Waals surface area contributed by atoms with Crippen LogP contribution in [0.15, 0.2) is 12.2 Å². The molecule has 21 heavy (non-hydrogen) atoms. The van der Waals surface area contributed by atoms with Crippen molar-refractivity contribution in [2.75, 3.05) is 6.54 Å². The van der Waals surface area contributed by atoms with Crippen LogP contribution in [0, 0.1) is 11.8 Å². The van der Waals surface area contributed by atoms with E-state index < -0.39 is 0 Å². The van der Waals surface area contributed by atoms with Crippen molar-refractivity contribution >= 4 is 17.6 Å². The molecule has 1 heterocycles. The van der Waals surface area contributed by atoms with Gasteiger partial charge in [-0.05, 0) is 38.5 Å². The molecule has 0 saturated heterocycles. The van der Waals surface area contributed by atoms with Gasteiger partial charge >= 0.3 is 0 Å². The number of amides is 2. The zero-order valence-electron chi connectivity index (χ0n) is 14.0. The van der Waals surface area contributed by atoms with Gasteiger partial charge in [0.25, 0.3) is 11.8 Å². The lowest BCUT2D eigenvalue weighted by molar-refractivity contribution is -0.138. The number of Topliss-reactive ketones (excluding diaryl/α,β-unsaturated/α-hetero) is 1. The highest BCUT2D eigenvalue weighted by atomic mass is 16.2. The Bertz CT molecular complexity index is 361. The highest BCUT2D eigenvalue weighted by Crippen LogP contribution is 2.30. The lowest BCUT2D eigenvalue weighted by Crippen LogP contribution is -2.36. The molecule has 4 nitrogen and oxygen atoms in total. The maximum absolute atomic E-state index is 11.4. The van der Waals surface area contributed by atoms with Crippen molar-refractivity contribution in [3.63, 3.8) is 0 Å². The number of hydrogen-bond acceptors (Lipinski definition) is 3. The van der Waals surface area contributed by atoms with Crippen LogP contribution in [0.5, 0.6) is 0 Å². The average molecular weight is 295 g/mol. The monoisotopic (exact) mass is 295 g/mol. The van der Waals surface area contributed by atoms with Crippen molar-refractivity contribution in [2.24, 2.45) is 11.8 Å². The summed E-state index contributed by atoms with van der Waals surface area (Å²) >= 11 is 0. The smallest absolute Gasteiger partial charge is 0.253 e. The molecule has 0 unspecified atom stereocenters. The van der Waals surface area contributed by atoms with E-state index in [0.29, 0.717) is 12.5 Å². The van der Waals surface area contributed by atoms with Gasteiger partial charge in [-0.2, -0.15) is 0 Å². The molecule has 0 aromatic rings. The fraction of sp³-hybridized carbons (Fsp3) is 0.706. The van der Waals surface area contributed by atoms with Crippen molar-refractivity contribution in [2.45, 2.75) is 60.3 Å². The van der Waals surface area contributed by atoms with Gasteiger partial charge in [0.1, 0.15) is 5.78 Å². The number of hydrogen-bond donors (Lipinski definition) is 0. The van der Waals surface area contributed by atoms with Gasteiger partial charge in [-0.25, -0.2) is 0 Å². The molecule has 120 valence electrons. The average Bonchev–Trinajstić information content (AvgIpc) is 2.84. The summed E-state index contributed by atoms with van der Waals surface area (Å²) in [7, 11) is 0. The van der Waals surface area contributed by atoms with Gasteiger partial charge in [0.15, 0.2) is 0 Å². The normalized spacial score (nSPS) is 24.0. The number of nitrogens with zero attached hydrogens (tertiary/aromatic N) is 1. The zero-order chi connectivity index (χ0) is 16.4. The van der Waals surface area contributed by atoms with E-state index in [1.54, 1.807) is 6.92 Å². The van der Waals surface area contributed by atoms with Crippen LogP contribution in [0.25, 0.3) is 0 Å². The van der Waals surface area contributed by atoms with Gasteiger partial charge in [0, 0.05) is 24.6 Å². The second-order valence-electron chi connectivity index (χ2n) is 4.95. The summed E-state index contributed by atoms with van der Waals surface area (Å²) in [6.45, 7) is 10.2. The maximum atomic E-state index is 11.4. The lowest BCUT2D eigenvalue weighted by Gasteiger charge is -2.29. The molecule has 0 atom stereocenters. The highest BCUT2D eigenvalue weighted by Gasteiger charge is 2.29. The zero-order valence-corrected chi connectivity index (χ0v) is 14.0. The third-order valence-electron chi connectivity index (χ3n) is 3.76. The molecular weight excluding hydrogens is 266 g/mol. The Morgan fingerprint density at radius 1 is 1.00 bits per heavy atom. The molecule has 2 aliphatic rings. The minimum Gasteiger partial charge on any atom is -0.300 e. The molecular formula is C17H29NO3. The summed E-state index contributed by atoms with van der Waals surface area (Å²) in [6.07, 6.45) is 6.29. The Morgan fingerprint density at radius 3 is 1.81 bits per heavy atom. The van der Waals surface area contributed by atoms with Crippen LogP contribution in [0.2, 0.25) is 0 Å². The van der Waals surface area contributed by atoms with Crippen LogP contribution >= 0.6 is 0 Å². The Morgan fingerprint density at radius 2 is 1.43 bits per heavy atom. The molecule has 2 rings (SSSR count). The molecule has 2 amide bonds. The fourth-order valence-corrected chi connectivity index (χ4v) is 2.62. The van der Waals surface area contributed by atoms with Crippen molar-refractivity contribution in [3.05, 3.63) is 12.2 Å². The Labute approximate surface area is 128 Å². The van der Waals surface area contributed by atoms with Crippen molar-refractivity contribution in [1.29, 1.82) is 0 Å². The molecule has 1 saturated carbocycles. The maximum Gasteiger partial charge on any atom is 0.253 e. The number of rotatable bonds is 3. The van der Waals surface area contributed by atoms with E-state index in [1.807, 2.05) is 27.7 Å². The molecule has 1 aliphatic heterocycles. The first-order chi connectivity index (χ1) is 10.1. The molecule has 1 fully saturated rings. The summed E-state index contributed by atoms with van der Waals surface area (Å²) in [5.74, 6) is 0.401. The first kappa shape index (κ1) is 19.6. The van der Waals surface area contributed by atoms with E-state index in [2.05, 4.69) is 0 Å². The summed E-state index contributed by atoms with van der Waals surface area (Å²) in [5, 5.41) is 0. The number of carbonyl (C=O) groups excluding carboxylic acids is 3. The Balaban J connectivity index is 0.000000921. The van der Waals surface area contributed by atoms with E-state index in [1.165, 1.54) is 17.1 Å². The highest BCUT2D eigenvalue weighted by molar-refractivity contribution is 6.12. The second kappa shape index (κ2) is 10.3. The van der Waals surface area contributed by atoms with E-state index >= 15 is 0 Å². The quantitative estimate of drug-likeness (QED) is 0.750. The van der Waals surface area contributed by atoms with Gasteiger partial charge in [-0.1, -0.05) is 27.7 Å². The minimum absolute atomic E-state index is 0.189. The van der Waals surface area contributed by atoms with Crippen LogP contribution in [-0.2, 0) is 14.4 Å². The van der Waals surface area contributed by atoms with E-state index in [4.69, 9.17) is 0 Å². The van der Waals surface area contributed by atoms with Gasteiger partial charge in [0.2, 0.25) is 0 Å². The Kier molecular flexibility index (Phi) is 9.59. The van der Waals surface area contributed by atoms with Gasteiger partial charge in [-0.3, -0.25) is 19.3 Å². The number of ketones is 1. The van der Waals surface area contributed by atoms with Crippen LogP contribution in [0.3, 0.4) is 0 Å². The summed E-state index contributed by atoms with van der Waals surface area (Å²) in [6, 6.07) is 0. The summed E-state index contributed by atoms with van der Waals surface area (Å²) in [4.78, 5) is 35.3. The second-order valence-corrected chi connectivity index (χ2v) is 4.95. The van der Waals surface area contributed by atoms with E-state index in [0.717, 1.165) is 25.7 Å². The molecule has 4 heteroatoms. The molecule has 0 aromatic carbocycles. The fourth-order valence-electron chi connectivity index (χ4n) is 2.62. The summed E-state index contributed by atoms with van der Waals surface area (Å²) in [5.41, 5.74) is 0. The minimum atomic E-state index is -0.205. The van der Waals surface area contributed by atoms with Crippen molar-refractivity contribution < 1.29 is 14.4 Å². The predicted octanol–water partition coefficient (Wildman–Crippen LogP) is 3.36. The topological polar surface area (TPSA) is 54.5 Å². The number of carbonyl (C=O) groups is 3. The van der Waals surface area contributed by atoms with Crippen molar-refractivity contribution in [1.82, 2.24) is 4.90 Å².